The molecular formula is C11H11ClN2O3S. The minimum absolute atomic E-state index is 0.0362. The van der Waals surface area contributed by atoms with Gasteiger partial charge in [-0.1, -0.05) is 23.4 Å². The number of anilines is 1. The highest BCUT2D eigenvalue weighted by molar-refractivity contribution is 8.14. The second-order valence-corrected chi connectivity index (χ2v) is 4.99. The molecule has 5 nitrogen and oxygen atoms in total. The lowest BCUT2D eigenvalue weighted by molar-refractivity contribution is 0.0693. The van der Waals surface area contributed by atoms with Gasteiger partial charge in [0.1, 0.15) is 11.3 Å². The highest BCUT2D eigenvalue weighted by Gasteiger charge is 2.16. The molecule has 0 bridgehead atoms. The lowest BCUT2D eigenvalue weighted by Gasteiger charge is -2.11. The smallest absolute Gasteiger partial charge is 0.339 e. The lowest BCUT2D eigenvalue weighted by Crippen LogP contribution is -2.07. The highest BCUT2D eigenvalue weighted by atomic mass is 35.5. The third-order valence-corrected chi connectivity index (χ3v) is 3.55. The number of rotatable bonds is 3. The predicted molar refractivity (Wildman–Crippen MR) is 73.3 cm³/mol. The Morgan fingerprint density at radius 2 is 2.39 bits per heavy atom. The van der Waals surface area contributed by atoms with Crippen molar-refractivity contribution in [3.8, 4) is 5.75 Å². The molecule has 2 rings (SSSR count). The molecule has 1 aliphatic heterocycles. The topological polar surface area (TPSA) is 70.9 Å². The van der Waals surface area contributed by atoms with Crippen LogP contribution in [0.5, 0.6) is 5.75 Å². The fraction of sp³-hybridized carbons (Fsp3) is 0.273. The molecule has 0 atom stereocenters. The number of nitrogens with zero attached hydrogens (tertiary/aromatic N) is 1. The maximum absolute atomic E-state index is 11.0. The van der Waals surface area contributed by atoms with Crippen LogP contribution in [0.25, 0.3) is 0 Å². The van der Waals surface area contributed by atoms with Crippen LogP contribution >= 0.6 is 23.4 Å². The van der Waals surface area contributed by atoms with E-state index >= 15 is 0 Å². The van der Waals surface area contributed by atoms with Crippen molar-refractivity contribution in [2.45, 2.75) is 0 Å². The summed E-state index contributed by atoms with van der Waals surface area (Å²) in [6, 6.07) is 2.93. The monoisotopic (exact) mass is 286 g/mol. The number of nitrogens with one attached hydrogen (secondary N) is 1. The average Bonchev–Trinajstić information content (AvgIpc) is 2.83. The van der Waals surface area contributed by atoms with Gasteiger partial charge in [-0.3, -0.25) is 4.99 Å². The average molecular weight is 287 g/mol. The van der Waals surface area contributed by atoms with E-state index in [0.29, 0.717) is 10.7 Å². The van der Waals surface area contributed by atoms with E-state index in [1.54, 1.807) is 17.8 Å². The van der Waals surface area contributed by atoms with E-state index in [-0.39, 0.29) is 11.3 Å². The zero-order chi connectivity index (χ0) is 13.1. The van der Waals surface area contributed by atoms with E-state index in [0.717, 1.165) is 17.5 Å². The summed E-state index contributed by atoms with van der Waals surface area (Å²) in [5.74, 6) is 0.121. The number of methoxy groups -OCH3 is 1. The number of amidine groups is 1. The summed E-state index contributed by atoms with van der Waals surface area (Å²) in [5, 5.41) is 13.2. The Balaban J connectivity index is 2.33. The highest BCUT2D eigenvalue weighted by Crippen LogP contribution is 2.32. The van der Waals surface area contributed by atoms with E-state index in [2.05, 4.69) is 10.3 Å². The number of halogens is 1. The van der Waals surface area contributed by atoms with Gasteiger partial charge < -0.3 is 15.2 Å². The van der Waals surface area contributed by atoms with Crippen molar-refractivity contribution < 1.29 is 14.6 Å². The SMILES string of the molecule is COc1cc(NC2=NCCS2)c(Cl)cc1C(=O)O. The number of ether oxygens (including phenoxy) is 1. The van der Waals surface area contributed by atoms with Gasteiger partial charge in [0.05, 0.1) is 24.4 Å². The standard InChI is InChI=1S/C11H11ClN2O3S/c1-17-9-5-8(14-11-13-2-3-18-11)7(12)4-6(9)10(15)16/h4-5H,2-3H2,1H3,(H,13,14)(H,15,16). The number of aromatic carboxylic acids is 1. The van der Waals surface area contributed by atoms with Crippen LogP contribution in [0.15, 0.2) is 17.1 Å². The molecule has 0 saturated heterocycles. The Labute approximate surface area is 113 Å². The Kier molecular flexibility index (Phi) is 3.98. The van der Waals surface area contributed by atoms with E-state index in [1.165, 1.54) is 13.2 Å². The number of hydrogen-bond acceptors (Lipinski definition) is 5. The summed E-state index contributed by atoms with van der Waals surface area (Å²) in [6.45, 7) is 0.773. The van der Waals surface area contributed by atoms with Crippen LogP contribution in [0.3, 0.4) is 0 Å². The zero-order valence-corrected chi connectivity index (χ0v) is 11.1. The van der Waals surface area contributed by atoms with Crippen LogP contribution in [0, 0.1) is 0 Å². The van der Waals surface area contributed by atoms with E-state index in [9.17, 15) is 4.79 Å². The molecular weight excluding hydrogens is 276 g/mol. The van der Waals surface area contributed by atoms with Crippen molar-refractivity contribution in [3.05, 3.63) is 22.7 Å². The lowest BCUT2D eigenvalue weighted by atomic mass is 10.2. The molecule has 0 unspecified atom stereocenters. The quantitative estimate of drug-likeness (QED) is 0.893. The molecule has 96 valence electrons. The molecule has 2 N–H and O–H groups in total. The van der Waals surface area contributed by atoms with Crippen LogP contribution in [-0.4, -0.2) is 35.7 Å². The number of thioether (sulfide) groups is 1. The molecule has 1 aromatic rings. The maximum Gasteiger partial charge on any atom is 0.339 e. The van der Waals surface area contributed by atoms with E-state index < -0.39 is 5.97 Å². The summed E-state index contributed by atoms with van der Waals surface area (Å²) < 4.78 is 5.04. The predicted octanol–water partition coefficient (Wildman–Crippen LogP) is 2.56. The number of carboxylic acid groups (broad SMARTS) is 1. The Hall–Kier alpha value is -1.40. The molecule has 1 aromatic carbocycles. The second-order valence-electron chi connectivity index (χ2n) is 3.50. The molecule has 0 fully saturated rings. The van der Waals surface area contributed by atoms with Gasteiger partial charge in [-0.15, -0.1) is 0 Å². The van der Waals surface area contributed by atoms with E-state index in [4.69, 9.17) is 21.4 Å². The number of aliphatic imine (C=N–C) groups is 1. The maximum atomic E-state index is 11.0. The first-order valence-electron chi connectivity index (χ1n) is 5.17. The third kappa shape index (κ3) is 2.70. The Morgan fingerprint density at radius 3 is 2.94 bits per heavy atom. The fourth-order valence-electron chi connectivity index (χ4n) is 1.51. The van der Waals surface area contributed by atoms with Gasteiger partial charge >= 0.3 is 5.97 Å². The van der Waals surface area contributed by atoms with Crippen molar-refractivity contribution in [2.24, 2.45) is 4.99 Å². The van der Waals surface area contributed by atoms with Crippen LogP contribution in [-0.2, 0) is 0 Å². The van der Waals surface area contributed by atoms with Crippen molar-refractivity contribution in [3.63, 3.8) is 0 Å². The van der Waals surface area contributed by atoms with Gasteiger partial charge in [0.15, 0.2) is 5.17 Å². The third-order valence-electron chi connectivity index (χ3n) is 2.35. The molecule has 1 aliphatic rings. The van der Waals surface area contributed by atoms with Crippen molar-refractivity contribution >= 4 is 40.2 Å². The summed E-state index contributed by atoms with van der Waals surface area (Å²) in [6.07, 6.45) is 0. The van der Waals surface area contributed by atoms with Gasteiger partial charge in [0.2, 0.25) is 0 Å². The minimum Gasteiger partial charge on any atom is -0.496 e. The fourth-order valence-corrected chi connectivity index (χ4v) is 2.46. The number of carbonyl (C=O) groups is 1. The zero-order valence-electron chi connectivity index (χ0n) is 9.57. The number of hydrogen-bond donors (Lipinski definition) is 2. The summed E-state index contributed by atoms with van der Waals surface area (Å²) in [5.41, 5.74) is 0.626. The van der Waals surface area contributed by atoms with Gasteiger partial charge in [-0.25, -0.2) is 4.79 Å². The van der Waals surface area contributed by atoms with Crippen molar-refractivity contribution in [2.75, 3.05) is 24.7 Å². The van der Waals surface area contributed by atoms with Gasteiger partial charge in [0, 0.05) is 11.8 Å². The van der Waals surface area contributed by atoms with Crippen LogP contribution in [0.2, 0.25) is 5.02 Å². The van der Waals surface area contributed by atoms with Gasteiger partial charge in [-0.2, -0.15) is 0 Å². The number of carboxylic acids is 1. The number of benzene rings is 1. The van der Waals surface area contributed by atoms with Crippen LogP contribution in [0.1, 0.15) is 10.4 Å². The largest absolute Gasteiger partial charge is 0.496 e. The van der Waals surface area contributed by atoms with Crippen molar-refractivity contribution in [1.29, 1.82) is 0 Å². The summed E-state index contributed by atoms with van der Waals surface area (Å²) in [4.78, 5) is 15.2. The summed E-state index contributed by atoms with van der Waals surface area (Å²) >= 11 is 7.63. The van der Waals surface area contributed by atoms with E-state index in [1.807, 2.05) is 0 Å². The molecule has 0 radical (unpaired) electrons. The molecule has 1 heterocycles. The Morgan fingerprint density at radius 1 is 1.61 bits per heavy atom. The van der Waals surface area contributed by atoms with Crippen LogP contribution in [0.4, 0.5) is 5.69 Å². The van der Waals surface area contributed by atoms with Crippen LogP contribution < -0.4 is 10.1 Å². The minimum atomic E-state index is -1.08. The Bertz CT molecular complexity index is 519. The molecule has 0 aromatic heterocycles. The van der Waals surface area contributed by atoms with Gasteiger partial charge in [-0.05, 0) is 6.07 Å². The van der Waals surface area contributed by atoms with Crippen molar-refractivity contribution in [1.82, 2.24) is 0 Å². The summed E-state index contributed by atoms with van der Waals surface area (Å²) in [7, 11) is 1.42. The molecule has 0 spiro atoms. The molecule has 18 heavy (non-hydrogen) atoms. The first-order chi connectivity index (χ1) is 8.61. The molecule has 0 aliphatic carbocycles. The first-order valence-corrected chi connectivity index (χ1v) is 6.53. The normalized spacial score (nSPS) is 14.2. The molecule has 7 heteroatoms. The molecule has 0 amide bonds. The van der Waals surface area contributed by atoms with Gasteiger partial charge in [0.25, 0.3) is 0 Å². The first kappa shape index (κ1) is 13.0. The second kappa shape index (κ2) is 5.49. The molecule has 0 saturated carbocycles.